The molecular formula is C13H14FN3O2. The second-order valence-electron chi connectivity index (χ2n) is 4.29. The van der Waals surface area contributed by atoms with E-state index in [1.807, 2.05) is 6.92 Å². The first-order chi connectivity index (χ1) is 9.04. The van der Waals surface area contributed by atoms with Gasteiger partial charge in [-0.1, -0.05) is 18.6 Å². The van der Waals surface area contributed by atoms with Gasteiger partial charge in [-0.05, 0) is 37.1 Å². The van der Waals surface area contributed by atoms with E-state index >= 15 is 0 Å². The van der Waals surface area contributed by atoms with Crippen molar-refractivity contribution in [2.24, 2.45) is 0 Å². The van der Waals surface area contributed by atoms with Crippen molar-refractivity contribution >= 4 is 5.97 Å². The van der Waals surface area contributed by atoms with Gasteiger partial charge in [0.2, 0.25) is 0 Å². The van der Waals surface area contributed by atoms with Crippen LogP contribution in [0.3, 0.4) is 0 Å². The zero-order chi connectivity index (χ0) is 14.0. The number of aromatic nitrogens is 3. The fraction of sp³-hybridized carbons (Fsp3) is 0.308. The molecule has 0 aliphatic heterocycles. The molecule has 5 nitrogen and oxygen atoms in total. The lowest BCUT2D eigenvalue weighted by atomic mass is 10.1. The van der Waals surface area contributed by atoms with Crippen LogP contribution in [-0.4, -0.2) is 26.1 Å². The van der Waals surface area contributed by atoms with E-state index in [9.17, 15) is 9.18 Å². The number of halogens is 1. The Morgan fingerprint density at radius 1 is 1.47 bits per heavy atom. The Balaban J connectivity index is 2.55. The predicted molar refractivity (Wildman–Crippen MR) is 67.0 cm³/mol. The molecule has 0 spiro atoms. The molecule has 100 valence electrons. The molecule has 0 fully saturated rings. The summed E-state index contributed by atoms with van der Waals surface area (Å²) < 4.78 is 14.7. The van der Waals surface area contributed by atoms with Crippen molar-refractivity contribution in [1.82, 2.24) is 15.0 Å². The summed E-state index contributed by atoms with van der Waals surface area (Å²) in [7, 11) is 0. The van der Waals surface area contributed by atoms with Crippen LogP contribution in [0.5, 0.6) is 0 Å². The quantitative estimate of drug-likeness (QED) is 0.919. The number of nitrogens with zero attached hydrogens (tertiary/aromatic N) is 3. The first-order valence-electron chi connectivity index (χ1n) is 5.99. The predicted octanol–water partition coefficient (Wildman–Crippen LogP) is 2.37. The van der Waals surface area contributed by atoms with E-state index in [4.69, 9.17) is 5.11 Å². The number of carboxylic acid groups (broad SMARTS) is 1. The third-order valence-electron chi connectivity index (χ3n) is 2.84. The third-order valence-corrected chi connectivity index (χ3v) is 2.84. The minimum absolute atomic E-state index is 0.0520. The molecule has 6 heteroatoms. The summed E-state index contributed by atoms with van der Waals surface area (Å²) in [5.41, 5.74) is 1.57. The smallest absolute Gasteiger partial charge is 0.358 e. The van der Waals surface area contributed by atoms with E-state index in [-0.39, 0.29) is 11.5 Å². The molecule has 0 saturated carbocycles. The van der Waals surface area contributed by atoms with Gasteiger partial charge in [-0.3, -0.25) is 0 Å². The maximum Gasteiger partial charge on any atom is 0.358 e. The maximum absolute atomic E-state index is 13.3. The summed E-state index contributed by atoms with van der Waals surface area (Å²) in [6.45, 7) is 3.59. The second kappa shape index (κ2) is 5.17. The Bertz CT molecular complexity index is 622. The number of carbonyl (C=O) groups is 1. The van der Waals surface area contributed by atoms with Crippen molar-refractivity contribution in [3.8, 4) is 5.69 Å². The number of aromatic carboxylic acids is 1. The van der Waals surface area contributed by atoms with Gasteiger partial charge in [0.25, 0.3) is 0 Å². The van der Waals surface area contributed by atoms with Crippen molar-refractivity contribution in [2.75, 3.05) is 0 Å². The molecule has 1 heterocycles. The van der Waals surface area contributed by atoms with Crippen LogP contribution in [0.4, 0.5) is 4.39 Å². The number of hydrogen-bond acceptors (Lipinski definition) is 3. The molecule has 0 saturated heterocycles. The lowest BCUT2D eigenvalue weighted by Gasteiger charge is -2.07. The molecule has 0 unspecified atom stereocenters. The molecule has 1 N–H and O–H groups in total. The lowest BCUT2D eigenvalue weighted by molar-refractivity contribution is 0.0689. The zero-order valence-electron chi connectivity index (χ0n) is 10.7. The SMILES string of the molecule is CCCc1c(C(=O)O)nnn1-c1ccc(F)c(C)c1. The summed E-state index contributed by atoms with van der Waals surface area (Å²) in [6.07, 6.45) is 1.32. The van der Waals surface area contributed by atoms with Crippen molar-refractivity contribution < 1.29 is 14.3 Å². The standard InChI is InChI=1S/C13H14FN3O2/c1-3-4-11-12(13(18)19)15-16-17(11)9-5-6-10(14)8(2)7-9/h5-7H,3-4H2,1-2H3,(H,18,19). The number of carboxylic acids is 1. The first kappa shape index (κ1) is 13.2. The van der Waals surface area contributed by atoms with Crippen LogP contribution < -0.4 is 0 Å². The van der Waals surface area contributed by atoms with Gasteiger partial charge >= 0.3 is 5.97 Å². The molecule has 0 amide bonds. The van der Waals surface area contributed by atoms with Crippen LogP contribution >= 0.6 is 0 Å². The van der Waals surface area contributed by atoms with Crippen LogP contribution in [0.1, 0.15) is 35.1 Å². The molecule has 2 aromatic rings. The van der Waals surface area contributed by atoms with Crippen molar-refractivity contribution in [3.05, 3.63) is 41.0 Å². The molecule has 0 aliphatic rings. The molecule has 0 radical (unpaired) electrons. The van der Waals surface area contributed by atoms with Crippen LogP contribution in [0.25, 0.3) is 5.69 Å². The number of aryl methyl sites for hydroxylation is 1. The van der Waals surface area contributed by atoms with Crippen molar-refractivity contribution in [2.45, 2.75) is 26.7 Å². The van der Waals surface area contributed by atoms with Crippen LogP contribution in [-0.2, 0) is 6.42 Å². The first-order valence-corrected chi connectivity index (χ1v) is 5.99. The summed E-state index contributed by atoms with van der Waals surface area (Å²) in [5, 5.41) is 16.6. The van der Waals surface area contributed by atoms with Crippen molar-refractivity contribution in [1.29, 1.82) is 0 Å². The van der Waals surface area contributed by atoms with Gasteiger partial charge in [-0.2, -0.15) is 0 Å². The Kier molecular flexibility index (Phi) is 3.59. The summed E-state index contributed by atoms with van der Waals surface area (Å²) >= 11 is 0. The van der Waals surface area contributed by atoms with E-state index < -0.39 is 5.97 Å². The van der Waals surface area contributed by atoms with Gasteiger partial charge in [0.05, 0.1) is 11.4 Å². The van der Waals surface area contributed by atoms with Gasteiger partial charge in [0.1, 0.15) is 5.82 Å². The molecule has 0 bridgehead atoms. The number of hydrogen-bond donors (Lipinski definition) is 1. The van der Waals surface area contributed by atoms with Gasteiger partial charge in [-0.25, -0.2) is 13.9 Å². The molecule has 2 rings (SSSR count). The van der Waals surface area contributed by atoms with E-state index in [0.717, 1.165) is 6.42 Å². The lowest BCUT2D eigenvalue weighted by Crippen LogP contribution is -2.07. The zero-order valence-corrected chi connectivity index (χ0v) is 10.7. The highest BCUT2D eigenvalue weighted by atomic mass is 19.1. The fourth-order valence-electron chi connectivity index (χ4n) is 1.90. The average Bonchev–Trinajstić information content (AvgIpc) is 2.77. The van der Waals surface area contributed by atoms with Crippen LogP contribution in [0.15, 0.2) is 18.2 Å². The molecule has 19 heavy (non-hydrogen) atoms. The highest BCUT2D eigenvalue weighted by molar-refractivity contribution is 5.86. The monoisotopic (exact) mass is 263 g/mol. The molecular weight excluding hydrogens is 249 g/mol. The van der Waals surface area contributed by atoms with Crippen LogP contribution in [0, 0.1) is 12.7 Å². The van der Waals surface area contributed by atoms with Gasteiger partial charge in [0, 0.05) is 0 Å². The molecule has 0 aliphatic carbocycles. The van der Waals surface area contributed by atoms with E-state index in [2.05, 4.69) is 10.3 Å². The highest BCUT2D eigenvalue weighted by Gasteiger charge is 2.19. The number of benzene rings is 1. The topological polar surface area (TPSA) is 68.0 Å². The average molecular weight is 263 g/mol. The Hall–Kier alpha value is -2.24. The maximum atomic E-state index is 13.3. The Labute approximate surface area is 109 Å². The summed E-state index contributed by atoms with van der Waals surface area (Å²) in [4.78, 5) is 11.1. The van der Waals surface area contributed by atoms with Gasteiger partial charge < -0.3 is 5.11 Å². The van der Waals surface area contributed by atoms with Crippen LogP contribution in [0.2, 0.25) is 0 Å². The van der Waals surface area contributed by atoms with E-state index in [0.29, 0.717) is 23.4 Å². The minimum Gasteiger partial charge on any atom is -0.476 e. The summed E-state index contributed by atoms with van der Waals surface area (Å²) in [5.74, 6) is -1.41. The third kappa shape index (κ3) is 2.47. The molecule has 1 aromatic carbocycles. The Morgan fingerprint density at radius 3 is 2.79 bits per heavy atom. The molecule has 1 aromatic heterocycles. The summed E-state index contributed by atoms with van der Waals surface area (Å²) in [6, 6.07) is 4.51. The van der Waals surface area contributed by atoms with Gasteiger partial charge in [-0.15, -0.1) is 5.10 Å². The van der Waals surface area contributed by atoms with Gasteiger partial charge in [0.15, 0.2) is 5.69 Å². The second-order valence-corrected chi connectivity index (χ2v) is 4.29. The normalized spacial score (nSPS) is 10.7. The van der Waals surface area contributed by atoms with E-state index in [1.165, 1.54) is 10.7 Å². The minimum atomic E-state index is -1.10. The fourth-order valence-corrected chi connectivity index (χ4v) is 1.90. The van der Waals surface area contributed by atoms with E-state index in [1.54, 1.807) is 19.1 Å². The largest absolute Gasteiger partial charge is 0.476 e. The van der Waals surface area contributed by atoms with Crippen molar-refractivity contribution in [3.63, 3.8) is 0 Å². The highest BCUT2D eigenvalue weighted by Crippen LogP contribution is 2.17. The molecule has 0 atom stereocenters. The number of rotatable bonds is 4. The Morgan fingerprint density at radius 2 is 2.21 bits per heavy atom.